The highest BCUT2D eigenvalue weighted by Gasteiger charge is 2.05. The summed E-state index contributed by atoms with van der Waals surface area (Å²) in [7, 11) is -0.689. The number of ether oxygens (including phenoxy) is 3. The molecule has 0 heterocycles. The van der Waals surface area contributed by atoms with Gasteiger partial charge in [-0.3, -0.25) is 0 Å². The molecular weight excluding hydrogens is 224 g/mol. The van der Waals surface area contributed by atoms with Gasteiger partial charge in [0.25, 0.3) is 0 Å². The van der Waals surface area contributed by atoms with Crippen LogP contribution in [0.3, 0.4) is 0 Å². The van der Waals surface area contributed by atoms with E-state index in [1.54, 1.807) is 0 Å². The number of hydrogen-bond acceptors (Lipinski definition) is 4. The van der Waals surface area contributed by atoms with E-state index in [0.717, 1.165) is 6.42 Å². The third-order valence-electron chi connectivity index (χ3n) is 1.74. The van der Waals surface area contributed by atoms with Gasteiger partial charge in [0.1, 0.15) is 15.4 Å². The molecule has 0 aromatic carbocycles. The molecule has 0 aliphatic heterocycles. The maximum absolute atomic E-state index is 11.1. The summed E-state index contributed by atoms with van der Waals surface area (Å²) >= 11 is 0. The van der Waals surface area contributed by atoms with Crippen molar-refractivity contribution >= 4 is 15.5 Å². The molecular formula is C11H22O4Si. The van der Waals surface area contributed by atoms with Gasteiger partial charge in [-0.1, -0.05) is 12.6 Å². The van der Waals surface area contributed by atoms with Crippen molar-refractivity contribution in [3.8, 4) is 0 Å². The number of rotatable bonds is 9. The van der Waals surface area contributed by atoms with Gasteiger partial charge in [-0.05, 0) is 20.3 Å². The summed E-state index contributed by atoms with van der Waals surface area (Å²) in [5, 5.41) is 0. The average Bonchev–Trinajstić information content (AvgIpc) is 2.27. The van der Waals surface area contributed by atoms with Crippen LogP contribution in [0.1, 0.15) is 27.2 Å². The molecule has 16 heavy (non-hydrogen) atoms. The van der Waals surface area contributed by atoms with E-state index in [0.29, 0.717) is 19.8 Å². The van der Waals surface area contributed by atoms with E-state index in [1.165, 1.54) is 6.08 Å². The van der Waals surface area contributed by atoms with Crippen molar-refractivity contribution in [3.05, 3.63) is 11.8 Å². The molecule has 0 aromatic heterocycles. The maximum Gasteiger partial charge on any atom is 0.330 e. The Bertz CT molecular complexity index is 200. The van der Waals surface area contributed by atoms with Crippen molar-refractivity contribution in [2.45, 2.75) is 33.1 Å². The van der Waals surface area contributed by atoms with Gasteiger partial charge in [0, 0.05) is 19.3 Å². The first-order valence-corrected chi connectivity index (χ1v) is 7.44. The lowest BCUT2D eigenvalue weighted by Crippen LogP contribution is -2.23. The van der Waals surface area contributed by atoms with E-state index >= 15 is 0 Å². The second-order valence-corrected chi connectivity index (χ2v) is 4.76. The van der Waals surface area contributed by atoms with E-state index in [-0.39, 0.29) is 11.9 Å². The predicted molar refractivity (Wildman–Crippen MR) is 66.0 cm³/mol. The molecule has 0 radical (unpaired) electrons. The zero-order valence-electron chi connectivity index (χ0n) is 10.4. The minimum Gasteiger partial charge on any atom is -0.463 e. The molecule has 5 heteroatoms. The van der Waals surface area contributed by atoms with Crippen LogP contribution in [-0.2, 0) is 19.0 Å². The lowest BCUT2D eigenvalue weighted by atomic mass is 10.5. The molecule has 0 fully saturated rings. The molecule has 0 spiro atoms. The molecule has 0 rings (SSSR count). The Kier molecular flexibility index (Phi) is 10.4. The topological polar surface area (TPSA) is 44.8 Å². The number of hydrogen-bond donors (Lipinski definition) is 0. The van der Waals surface area contributed by atoms with E-state index in [2.05, 4.69) is 0 Å². The zero-order valence-corrected chi connectivity index (χ0v) is 11.8. The van der Waals surface area contributed by atoms with Crippen molar-refractivity contribution in [3.63, 3.8) is 0 Å². The monoisotopic (exact) mass is 246 g/mol. The fourth-order valence-corrected chi connectivity index (χ4v) is 2.38. The summed E-state index contributed by atoms with van der Waals surface area (Å²) in [5.74, 6) is -0.411. The summed E-state index contributed by atoms with van der Waals surface area (Å²) in [6.45, 7) is 7.56. The van der Waals surface area contributed by atoms with Gasteiger partial charge >= 0.3 is 5.97 Å². The number of carbonyl (C=O) groups excluding carboxylic acids is 1. The fourth-order valence-electron chi connectivity index (χ4n) is 1.08. The fraction of sp³-hybridized carbons (Fsp3) is 0.727. The standard InChI is InChI=1S/C11H22O4Si/c1-4-8-15-10(12)7-9-16-11(13-5-2)14-6-3/h7,9,11H,4-6,8,16H2,1-3H3. The maximum atomic E-state index is 11.1. The second kappa shape index (κ2) is 10.9. The highest BCUT2D eigenvalue weighted by molar-refractivity contribution is 6.43. The Labute approximate surface area is 99.8 Å². The highest BCUT2D eigenvalue weighted by atomic mass is 28.2. The Morgan fingerprint density at radius 1 is 1.25 bits per heavy atom. The van der Waals surface area contributed by atoms with Gasteiger partial charge in [0.2, 0.25) is 0 Å². The van der Waals surface area contributed by atoms with Gasteiger partial charge < -0.3 is 14.2 Å². The van der Waals surface area contributed by atoms with Crippen LogP contribution in [0.15, 0.2) is 11.8 Å². The molecule has 0 unspecified atom stereocenters. The molecule has 0 atom stereocenters. The Morgan fingerprint density at radius 3 is 2.38 bits per heavy atom. The van der Waals surface area contributed by atoms with E-state index in [1.807, 2.05) is 26.5 Å². The Balaban J connectivity index is 3.79. The van der Waals surface area contributed by atoms with Gasteiger partial charge in [-0.2, -0.15) is 0 Å². The normalized spacial score (nSPS) is 12.0. The SMILES string of the molecule is CCCOC(=O)C=C[SiH2]C(OCC)OCC. The molecule has 0 saturated carbocycles. The molecule has 0 aromatic rings. The van der Waals surface area contributed by atoms with Crippen LogP contribution in [0, 0.1) is 0 Å². The molecule has 0 aliphatic rings. The number of carbonyl (C=O) groups is 1. The summed E-state index contributed by atoms with van der Waals surface area (Å²) in [6, 6.07) is 0. The van der Waals surface area contributed by atoms with Crippen LogP contribution < -0.4 is 0 Å². The lowest BCUT2D eigenvalue weighted by Gasteiger charge is -2.14. The summed E-state index contributed by atoms with van der Waals surface area (Å²) in [4.78, 5) is 11.1. The lowest BCUT2D eigenvalue weighted by molar-refractivity contribution is -0.137. The molecule has 94 valence electrons. The van der Waals surface area contributed by atoms with Gasteiger partial charge in [0.15, 0.2) is 0 Å². The summed E-state index contributed by atoms with van der Waals surface area (Å²) in [5.41, 5.74) is 1.86. The molecule has 0 N–H and O–H groups in total. The van der Waals surface area contributed by atoms with Crippen LogP contribution >= 0.6 is 0 Å². The summed E-state index contributed by atoms with van der Waals surface area (Å²) < 4.78 is 15.7. The van der Waals surface area contributed by atoms with Crippen molar-refractivity contribution in [2.24, 2.45) is 0 Å². The van der Waals surface area contributed by atoms with E-state index in [4.69, 9.17) is 14.2 Å². The highest BCUT2D eigenvalue weighted by Crippen LogP contribution is 1.94. The van der Waals surface area contributed by atoms with Crippen molar-refractivity contribution in [1.82, 2.24) is 0 Å². The number of esters is 1. The third kappa shape index (κ3) is 8.64. The van der Waals surface area contributed by atoms with Crippen LogP contribution in [-0.4, -0.2) is 41.2 Å². The first kappa shape index (κ1) is 15.3. The molecule has 4 nitrogen and oxygen atoms in total. The molecule has 0 saturated heterocycles. The third-order valence-corrected chi connectivity index (χ3v) is 3.10. The Hall–Kier alpha value is -0.653. The average molecular weight is 246 g/mol. The van der Waals surface area contributed by atoms with Crippen LogP contribution in [0.2, 0.25) is 0 Å². The predicted octanol–water partition coefficient (Wildman–Crippen LogP) is 0.979. The quantitative estimate of drug-likeness (QED) is 0.263. The molecule has 0 bridgehead atoms. The largest absolute Gasteiger partial charge is 0.463 e. The smallest absolute Gasteiger partial charge is 0.330 e. The van der Waals surface area contributed by atoms with E-state index < -0.39 is 9.52 Å². The second-order valence-electron chi connectivity index (χ2n) is 3.15. The molecule has 0 aliphatic carbocycles. The van der Waals surface area contributed by atoms with Crippen LogP contribution in [0.5, 0.6) is 0 Å². The van der Waals surface area contributed by atoms with Crippen LogP contribution in [0.4, 0.5) is 0 Å². The van der Waals surface area contributed by atoms with Crippen LogP contribution in [0.25, 0.3) is 0 Å². The molecule has 0 amide bonds. The van der Waals surface area contributed by atoms with Crippen molar-refractivity contribution in [1.29, 1.82) is 0 Å². The van der Waals surface area contributed by atoms with Gasteiger partial charge in [-0.15, -0.1) is 0 Å². The van der Waals surface area contributed by atoms with Gasteiger partial charge in [0.05, 0.1) is 6.61 Å². The van der Waals surface area contributed by atoms with E-state index in [9.17, 15) is 4.79 Å². The minimum absolute atomic E-state index is 0.134. The first-order chi connectivity index (χ1) is 7.74. The minimum atomic E-state index is -0.689. The van der Waals surface area contributed by atoms with Crippen molar-refractivity contribution in [2.75, 3.05) is 19.8 Å². The Morgan fingerprint density at radius 2 is 1.88 bits per heavy atom. The zero-order chi connectivity index (χ0) is 12.2. The van der Waals surface area contributed by atoms with Gasteiger partial charge in [-0.25, -0.2) is 4.79 Å². The van der Waals surface area contributed by atoms with Crippen molar-refractivity contribution < 1.29 is 19.0 Å². The summed E-state index contributed by atoms with van der Waals surface area (Å²) in [6.07, 6.45) is 2.32. The first-order valence-electron chi connectivity index (χ1n) is 5.81.